The van der Waals surface area contributed by atoms with Gasteiger partial charge in [-0.1, -0.05) is 49.5 Å². The Labute approximate surface area is 62.3 Å². The van der Waals surface area contributed by atoms with E-state index < -0.39 is 0 Å². The molecule has 0 aromatic rings. The maximum absolute atomic E-state index is 2.16. The molecule has 10 heavy (non-hydrogen) atoms. The molecule has 0 saturated heterocycles. The van der Waals surface area contributed by atoms with Crippen molar-refractivity contribution in [1.82, 2.24) is 0 Å². The van der Waals surface area contributed by atoms with Gasteiger partial charge in [0.15, 0.2) is 0 Å². The standard InChI is InChI=1S/C10H12/c1-2-10-8-6-4-3-5-7-9-10/h3-9H,2H2,1H3/b4-3-,5-3?,6-4?,7-5-,8-6-,9-7?,10-8?,10-9-. The quantitative estimate of drug-likeness (QED) is 0.514. The average molecular weight is 132 g/mol. The third kappa shape index (κ3) is 2.06. The lowest BCUT2D eigenvalue weighted by Gasteiger charge is -1.93. The largest absolute Gasteiger partial charge is 0.0623 e. The van der Waals surface area contributed by atoms with E-state index in [1.165, 1.54) is 5.57 Å². The first-order valence-electron chi connectivity index (χ1n) is 3.64. The first-order chi connectivity index (χ1) is 4.93. The van der Waals surface area contributed by atoms with Gasteiger partial charge in [-0.2, -0.15) is 0 Å². The second-order valence-corrected chi connectivity index (χ2v) is 2.22. The first-order valence-corrected chi connectivity index (χ1v) is 3.64. The van der Waals surface area contributed by atoms with Gasteiger partial charge in [0.05, 0.1) is 0 Å². The molecule has 0 aromatic carbocycles. The summed E-state index contributed by atoms with van der Waals surface area (Å²) >= 11 is 0. The van der Waals surface area contributed by atoms with Crippen LogP contribution in [-0.2, 0) is 0 Å². The summed E-state index contributed by atoms with van der Waals surface area (Å²) in [4.78, 5) is 0. The highest BCUT2D eigenvalue weighted by Crippen LogP contribution is 2.04. The van der Waals surface area contributed by atoms with Crippen molar-refractivity contribution in [2.75, 3.05) is 0 Å². The van der Waals surface area contributed by atoms with Gasteiger partial charge in [0, 0.05) is 0 Å². The summed E-state index contributed by atoms with van der Waals surface area (Å²) in [5.41, 5.74) is 1.38. The Morgan fingerprint density at radius 1 is 1.00 bits per heavy atom. The van der Waals surface area contributed by atoms with E-state index in [0.29, 0.717) is 0 Å². The van der Waals surface area contributed by atoms with Crippen molar-refractivity contribution < 1.29 is 0 Å². The molecule has 0 spiro atoms. The van der Waals surface area contributed by atoms with Crippen LogP contribution in [0.4, 0.5) is 0 Å². The SMILES string of the molecule is CCC1=C/C=C\C=C/C=C\1. The van der Waals surface area contributed by atoms with Gasteiger partial charge in [-0.05, 0) is 12.0 Å². The van der Waals surface area contributed by atoms with Gasteiger partial charge in [0.25, 0.3) is 0 Å². The second-order valence-electron chi connectivity index (χ2n) is 2.22. The van der Waals surface area contributed by atoms with E-state index in [9.17, 15) is 0 Å². The molecule has 0 heteroatoms. The van der Waals surface area contributed by atoms with E-state index in [1.807, 2.05) is 18.2 Å². The molecule has 0 aromatic heterocycles. The average Bonchev–Trinajstić information content (AvgIpc) is 1.87. The van der Waals surface area contributed by atoms with E-state index in [2.05, 4.69) is 31.2 Å². The van der Waals surface area contributed by atoms with E-state index in [-0.39, 0.29) is 0 Å². The monoisotopic (exact) mass is 132 g/mol. The van der Waals surface area contributed by atoms with Crippen LogP contribution in [0.1, 0.15) is 13.3 Å². The van der Waals surface area contributed by atoms with E-state index in [1.54, 1.807) is 0 Å². The second kappa shape index (κ2) is 3.89. The fraction of sp³-hybridized carbons (Fsp3) is 0.200. The Morgan fingerprint density at radius 3 is 2.50 bits per heavy atom. The van der Waals surface area contributed by atoms with E-state index in [4.69, 9.17) is 0 Å². The zero-order valence-electron chi connectivity index (χ0n) is 6.25. The molecule has 1 rings (SSSR count). The molecule has 52 valence electrons. The third-order valence-corrected chi connectivity index (χ3v) is 1.47. The molecule has 0 aliphatic heterocycles. The van der Waals surface area contributed by atoms with Crippen molar-refractivity contribution in [2.45, 2.75) is 13.3 Å². The van der Waals surface area contributed by atoms with Gasteiger partial charge < -0.3 is 0 Å². The zero-order valence-corrected chi connectivity index (χ0v) is 6.25. The minimum atomic E-state index is 1.11. The summed E-state index contributed by atoms with van der Waals surface area (Å²) in [6.07, 6.45) is 15.6. The molecule has 1 aliphatic rings. The topological polar surface area (TPSA) is 0 Å². The molecule has 1 aliphatic carbocycles. The van der Waals surface area contributed by atoms with Crippen LogP contribution in [0.2, 0.25) is 0 Å². The number of allylic oxidation sites excluding steroid dienone is 8. The van der Waals surface area contributed by atoms with Crippen LogP contribution in [0.3, 0.4) is 0 Å². The Morgan fingerprint density at radius 2 is 1.70 bits per heavy atom. The van der Waals surface area contributed by atoms with Crippen LogP contribution in [-0.4, -0.2) is 0 Å². The van der Waals surface area contributed by atoms with E-state index in [0.717, 1.165) is 6.42 Å². The maximum Gasteiger partial charge on any atom is -0.0307 e. The molecule has 0 radical (unpaired) electrons. The molecule has 0 atom stereocenters. The van der Waals surface area contributed by atoms with Crippen LogP contribution in [0, 0.1) is 0 Å². The number of rotatable bonds is 1. The van der Waals surface area contributed by atoms with Crippen LogP contribution in [0.25, 0.3) is 0 Å². The lowest BCUT2D eigenvalue weighted by Crippen LogP contribution is -1.73. The summed E-state index contributed by atoms with van der Waals surface area (Å²) in [6, 6.07) is 0. The van der Waals surface area contributed by atoms with Gasteiger partial charge in [-0.15, -0.1) is 0 Å². The van der Waals surface area contributed by atoms with E-state index >= 15 is 0 Å². The highest BCUT2D eigenvalue weighted by Gasteiger charge is 1.83. The van der Waals surface area contributed by atoms with Crippen LogP contribution in [0.15, 0.2) is 48.1 Å². The molecule has 0 unspecified atom stereocenters. The summed E-state index contributed by atoms with van der Waals surface area (Å²) < 4.78 is 0. The predicted octanol–water partition coefficient (Wildman–Crippen LogP) is 3.01. The molecule has 0 fully saturated rings. The summed E-state index contributed by atoms with van der Waals surface area (Å²) in [7, 11) is 0. The van der Waals surface area contributed by atoms with Gasteiger partial charge in [0.2, 0.25) is 0 Å². The van der Waals surface area contributed by atoms with Crippen molar-refractivity contribution in [2.24, 2.45) is 0 Å². The highest BCUT2D eigenvalue weighted by atomic mass is 13.9. The van der Waals surface area contributed by atoms with Crippen LogP contribution < -0.4 is 0 Å². The molecule has 0 bridgehead atoms. The minimum absolute atomic E-state index is 1.11. The fourth-order valence-corrected chi connectivity index (χ4v) is 0.842. The summed E-state index contributed by atoms with van der Waals surface area (Å²) in [5, 5.41) is 0. The Hall–Kier alpha value is -1.04. The van der Waals surface area contributed by atoms with Crippen molar-refractivity contribution in [1.29, 1.82) is 0 Å². The predicted molar refractivity (Wildman–Crippen MR) is 45.8 cm³/mol. The molecular weight excluding hydrogens is 120 g/mol. The minimum Gasteiger partial charge on any atom is -0.0623 e. The maximum atomic E-state index is 2.16. The normalized spacial score (nSPS) is 31.1. The summed E-state index contributed by atoms with van der Waals surface area (Å²) in [6.45, 7) is 2.16. The Kier molecular flexibility index (Phi) is 2.75. The molecule has 0 amide bonds. The first kappa shape index (κ1) is 7.07. The summed E-state index contributed by atoms with van der Waals surface area (Å²) in [5.74, 6) is 0. The van der Waals surface area contributed by atoms with Crippen molar-refractivity contribution in [3.8, 4) is 0 Å². The molecular formula is C10H12. The zero-order chi connectivity index (χ0) is 7.23. The lowest BCUT2D eigenvalue weighted by atomic mass is 10.1. The van der Waals surface area contributed by atoms with Crippen molar-refractivity contribution in [3.63, 3.8) is 0 Å². The smallest absolute Gasteiger partial charge is 0.0307 e. The Balaban J connectivity index is 2.73. The highest BCUT2D eigenvalue weighted by molar-refractivity contribution is 5.30. The van der Waals surface area contributed by atoms with Crippen molar-refractivity contribution >= 4 is 0 Å². The van der Waals surface area contributed by atoms with Crippen LogP contribution >= 0.6 is 0 Å². The van der Waals surface area contributed by atoms with Gasteiger partial charge in [-0.25, -0.2) is 0 Å². The molecule has 0 heterocycles. The van der Waals surface area contributed by atoms with Gasteiger partial charge in [0.1, 0.15) is 0 Å². The van der Waals surface area contributed by atoms with Crippen molar-refractivity contribution in [3.05, 3.63) is 48.1 Å². The lowest BCUT2D eigenvalue weighted by molar-refractivity contribution is 1.15. The Bertz CT molecular complexity index is 202. The fourth-order valence-electron chi connectivity index (χ4n) is 0.842. The molecule has 0 saturated carbocycles. The molecule has 0 N–H and O–H groups in total. The van der Waals surface area contributed by atoms with Gasteiger partial charge >= 0.3 is 0 Å². The molecule has 0 nitrogen and oxygen atoms in total. The number of hydrogen-bond acceptors (Lipinski definition) is 0. The number of hydrogen-bond donors (Lipinski definition) is 0. The van der Waals surface area contributed by atoms with Gasteiger partial charge in [-0.3, -0.25) is 0 Å². The van der Waals surface area contributed by atoms with Crippen LogP contribution in [0.5, 0.6) is 0 Å². The third-order valence-electron chi connectivity index (χ3n) is 1.47.